The maximum atomic E-state index is 13.7. The molecule has 37 heavy (non-hydrogen) atoms. The highest BCUT2D eigenvalue weighted by atomic mass is 79.9. The molecule has 0 fully saturated rings. The highest BCUT2D eigenvalue weighted by molar-refractivity contribution is 9.10. The number of benzene rings is 2. The lowest BCUT2D eigenvalue weighted by Crippen LogP contribution is -2.38. The van der Waals surface area contributed by atoms with Crippen LogP contribution >= 0.6 is 38.6 Å². The van der Waals surface area contributed by atoms with Gasteiger partial charge in [0.25, 0.3) is 5.91 Å². The Morgan fingerprint density at radius 3 is 2.46 bits per heavy atom. The molecule has 0 radical (unpaired) electrons. The Kier molecular flexibility index (Phi) is 8.10. The lowest BCUT2D eigenvalue weighted by molar-refractivity contribution is -0.155. The molecule has 0 bridgehead atoms. The summed E-state index contributed by atoms with van der Waals surface area (Å²) >= 11 is 6.07. The van der Waals surface area contributed by atoms with Crippen LogP contribution in [0.2, 0.25) is 0 Å². The number of hydrogen-bond acceptors (Lipinski definition) is 6. The van der Waals surface area contributed by atoms with Crippen LogP contribution in [0.1, 0.15) is 38.2 Å². The first-order chi connectivity index (χ1) is 17.5. The summed E-state index contributed by atoms with van der Waals surface area (Å²) < 4.78 is 41.5. The van der Waals surface area contributed by atoms with Crippen LogP contribution in [0.5, 0.6) is 0 Å². The van der Waals surface area contributed by atoms with Gasteiger partial charge in [-0.3, -0.25) is 9.59 Å². The van der Waals surface area contributed by atoms with E-state index >= 15 is 0 Å². The number of halogens is 4. The molecule has 0 spiro atoms. The van der Waals surface area contributed by atoms with Crippen LogP contribution in [0.3, 0.4) is 0 Å². The molecule has 4 rings (SSSR count). The zero-order valence-electron chi connectivity index (χ0n) is 19.5. The Bertz CT molecular complexity index is 1440. The van der Waals surface area contributed by atoms with Crippen LogP contribution in [-0.2, 0) is 11.2 Å². The van der Waals surface area contributed by atoms with E-state index in [-0.39, 0.29) is 23.5 Å². The van der Waals surface area contributed by atoms with Crippen LogP contribution in [0.25, 0.3) is 10.6 Å². The van der Waals surface area contributed by atoms with Gasteiger partial charge in [0.15, 0.2) is 11.2 Å². The second-order valence-electron chi connectivity index (χ2n) is 8.12. The van der Waals surface area contributed by atoms with Crippen LogP contribution in [0.4, 0.5) is 18.3 Å². The number of thiazole rings is 2. The molecule has 12 heteroatoms. The number of nitrogens with one attached hydrogen (secondary N) is 2. The summed E-state index contributed by atoms with van der Waals surface area (Å²) in [7, 11) is 0. The van der Waals surface area contributed by atoms with Crippen molar-refractivity contribution in [3.8, 4) is 10.6 Å². The lowest BCUT2D eigenvalue weighted by Gasteiger charge is -2.22. The maximum absolute atomic E-state index is 13.7. The third-order valence-electron chi connectivity index (χ3n) is 5.21. The van der Waals surface area contributed by atoms with E-state index in [9.17, 15) is 22.8 Å². The Morgan fingerprint density at radius 1 is 1.08 bits per heavy atom. The molecular formula is C25H20BrF3N4O2S2. The first-order valence-electron chi connectivity index (χ1n) is 10.9. The molecule has 0 unspecified atom stereocenters. The van der Waals surface area contributed by atoms with Crippen LogP contribution < -0.4 is 10.6 Å². The van der Waals surface area contributed by atoms with E-state index in [4.69, 9.17) is 0 Å². The van der Waals surface area contributed by atoms with E-state index in [1.807, 2.05) is 19.2 Å². The SMILES string of the molecule is Cc1nc(C)c(-c2csc(NC(=O)Cc3cc(Br)cc(C(=O)N[C@H](c4ccccc4)C(F)(F)F)c3)n2)s1. The van der Waals surface area contributed by atoms with Crippen molar-refractivity contribution in [2.24, 2.45) is 0 Å². The van der Waals surface area contributed by atoms with Gasteiger partial charge in [-0.25, -0.2) is 9.97 Å². The highest BCUT2D eigenvalue weighted by Gasteiger charge is 2.42. The molecule has 0 saturated carbocycles. The molecule has 2 aromatic heterocycles. The van der Waals surface area contributed by atoms with Crippen molar-refractivity contribution < 1.29 is 22.8 Å². The van der Waals surface area contributed by atoms with Crippen molar-refractivity contribution in [2.75, 3.05) is 5.32 Å². The summed E-state index contributed by atoms with van der Waals surface area (Å²) in [5.41, 5.74) is 1.96. The molecule has 6 nitrogen and oxygen atoms in total. The molecular weight excluding hydrogens is 589 g/mol. The Balaban J connectivity index is 1.46. The van der Waals surface area contributed by atoms with Gasteiger partial charge in [-0.05, 0) is 43.2 Å². The van der Waals surface area contributed by atoms with Gasteiger partial charge in [0.1, 0.15) is 0 Å². The third-order valence-corrected chi connectivity index (χ3v) is 7.52. The van der Waals surface area contributed by atoms with Crippen molar-refractivity contribution in [1.82, 2.24) is 15.3 Å². The second-order valence-corrected chi connectivity index (χ2v) is 11.1. The second kappa shape index (κ2) is 11.1. The van der Waals surface area contributed by atoms with Crippen molar-refractivity contribution in [1.29, 1.82) is 0 Å². The van der Waals surface area contributed by atoms with Crippen molar-refractivity contribution in [2.45, 2.75) is 32.5 Å². The monoisotopic (exact) mass is 608 g/mol. The molecule has 0 aliphatic carbocycles. The van der Waals surface area contributed by atoms with Gasteiger partial charge >= 0.3 is 6.18 Å². The van der Waals surface area contributed by atoms with Gasteiger partial charge in [-0.1, -0.05) is 46.3 Å². The molecule has 0 saturated heterocycles. The summed E-state index contributed by atoms with van der Waals surface area (Å²) in [6.07, 6.45) is -4.79. The normalized spacial score (nSPS) is 12.3. The molecule has 192 valence electrons. The fourth-order valence-electron chi connectivity index (χ4n) is 3.65. The number of aryl methyl sites for hydroxylation is 2. The zero-order valence-corrected chi connectivity index (χ0v) is 22.7. The van der Waals surface area contributed by atoms with Crippen molar-refractivity contribution >= 4 is 55.5 Å². The van der Waals surface area contributed by atoms with E-state index in [2.05, 4.69) is 36.5 Å². The predicted octanol–water partition coefficient (Wildman–Crippen LogP) is 6.86. The topological polar surface area (TPSA) is 84.0 Å². The minimum absolute atomic E-state index is 0.00469. The summed E-state index contributed by atoms with van der Waals surface area (Å²) in [5.74, 6) is -1.28. The Hall–Kier alpha value is -3.09. The summed E-state index contributed by atoms with van der Waals surface area (Å²) in [5, 5.41) is 7.97. The maximum Gasteiger partial charge on any atom is 0.412 e. The third kappa shape index (κ3) is 6.82. The number of carbonyl (C=O) groups is 2. The Labute approximate surface area is 227 Å². The van der Waals surface area contributed by atoms with Crippen molar-refractivity contribution in [3.63, 3.8) is 0 Å². The fourth-order valence-corrected chi connectivity index (χ4v) is 5.86. The van der Waals surface area contributed by atoms with Gasteiger partial charge in [-0.15, -0.1) is 22.7 Å². The predicted molar refractivity (Wildman–Crippen MR) is 142 cm³/mol. The van der Waals surface area contributed by atoms with E-state index in [0.717, 1.165) is 21.3 Å². The van der Waals surface area contributed by atoms with Gasteiger partial charge in [0.05, 0.1) is 27.7 Å². The standard InChI is InChI=1S/C25H20BrF3N4O2S2/c1-13-21(37-14(2)30-13)19-12-36-24(31-19)32-20(34)10-15-8-17(11-18(26)9-15)23(35)33-22(25(27,28)29)16-6-4-3-5-7-16/h3-9,11-12,22H,10H2,1-2H3,(H,33,35)(H,31,32,34)/t22-/m1/s1. The van der Waals surface area contributed by atoms with Gasteiger partial charge in [0, 0.05) is 15.4 Å². The molecule has 2 N–H and O–H groups in total. The van der Waals surface area contributed by atoms with Gasteiger partial charge in [0.2, 0.25) is 5.91 Å². The molecule has 1 atom stereocenters. The zero-order chi connectivity index (χ0) is 26.7. The molecule has 0 aliphatic heterocycles. The fraction of sp³-hybridized carbons (Fsp3) is 0.200. The number of amides is 2. The number of aromatic nitrogens is 2. The van der Waals surface area contributed by atoms with Gasteiger partial charge in [-0.2, -0.15) is 13.2 Å². The highest BCUT2D eigenvalue weighted by Crippen LogP contribution is 2.34. The first kappa shape index (κ1) is 27.0. The minimum Gasteiger partial charge on any atom is -0.337 e. The largest absolute Gasteiger partial charge is 0.412 e. The van der Waals surface area contributed by atoms with Crippen LogP contribution in [-0.4, -0.2) is 28.0 Å². The van der Waals surface area contributed by atoms with E-state index in [1.54, 1.807) is 12.1 Å². The van der Waals surface area contributed by atoms with Crippen molar-refractivity contribution in [3.05, 3.63) is 85.8 Å². The van der Waals surface area contributed by atoms with Crippen LogP contribution in [0, 0.1) is 13.8 Å². The quantitative estimate of drug-likeness (QED) is 0.240. The number of alkyl halides is 3. The van der Waals surface area contributed by atoms with E-state index in [0.29, 0.717) is 15.2 Å². The summed E-state index contributed by atoms with van der Waals surface area (Å²) in [6, 6.07) is 9.41. The van der Waals surface area contributed by atoms with Gasteiger partial charge < -0.3 is 10.6 Å². The van der Waals surface area contributed by atoms with Crippen LogP contribution in [0.15, 0.2) is 58.4 Å². The number of hydrogen-bond donors (Lipinski definition) is 2. The molecule has 2 heterocycles. The molecule has 4 aromatic rings. The average molecular weight is 609 g/mol. The molecule has 0 aliphatic rings. The van der Waals surface area contributed by atoms with E-state index < -0.39 is 18.1 Å². The Morgan fingerprint density at radius 2 is 1.81 bits per heavy atom. The summed E-state index contributed by atoms with van der Waals surface area (Å²) in [6.45, 7) is 3.81. The smallest absolute Gasteiger partial charge is 0.337 e. The number of anilines is 1. The first-order valence-corrected chi connectivity index (χ1v) is 13.4. The molecule has 2 amide bonds. The number of nitrogens with zero attached hydrogens (tertiary/aromatic N) is 2. The number of rotatable bonds is 7. The molecule has 2 aromatic carbocycles. The number of carbonyl (C=O) groups excluding carboxylic acids is 2. The van der Waals surface area contributed by atoms with E-state index in [1.165, 1.54) is 59.1 Å². The minimum atomic E-state index is -4.69. The average Bonchev–Trinajstić information content (AvgIpc) is 3.41. The lowest BCUT2D eigenvalue weighted by atomic mass is 10.0. The summed E-state index contributed by atoms with van der Waals surface area (Å²) in [4.78, 5) is 35.2.